The molecule has 0 amide bonds. The Morgan fingerprint density at radius 2 is 1.81 bits per heavy atom. The van der Waals surface area contributed by atoms with Gasteiger partial charge in [-0.25, -0.2) is 24.1 Å². The lowest BCUT2D eigenvalue weighted by Crippen LogP contribution is -2.42. The fourth-order valence-corrected chi connectivity index (χ4v) is 7.50. The number of imidazole rings is 1. The summed E-state index contributed by atoms with van der Waals surface area (Å²) in [6.07, 6.45) is 3.07. The van der Waals surface area contributed by atoms with Gasteiger partial charge in [-0.3, -0.25) is 18.4 Å². The van der Waals surface area contributed by atoms with Gasteiger partial charge in [0.1, 0.15) is 18.1 Å². The minimum absolute atomic E-state index is 0.0569. The van der Waals surface area contributed by atoms with Gasteiger partial charge in [0.05, 0.1) is 30.5 Å². The summed E-state index contributed by atoms with van der Waals surface area (Å²) >= 11 is 0. The third-order valence-corrected chi connectivity index (χ3v) is 10.8. The quantitative estimate of drug-likeness (QED) is 0.165. The number of fused-ring (bicyclic) bond motifs is 1. The van der Waals surface area contributed by atoms with Gasteiger partial charge >= 0.3 is 15.6 Å². The molecule has 5 heterocycles. The van der Waals surface area contributed by atoms with Crippen molar-refractivity contribution in [1.29, 1.82) is 0 Å². The number of nitrogens with zero attached hydrogens (tertiary/aromatic N) is 5. The van der Waals surface area contributed by atoms with Crippen LogP contribution in [0.4, 0.5) is 5.82 Å². The van der Waals surface area contributed by atoms with Crippen LogP contribution in [0.3, 0.4) is 0 Å². The van der Waals surface area contributed by atoms with Crippen LogP contribution in [0, 0.1) is 23.7 Å². The maximum atomic E-state index is 12.8. The smallest absolute Gasteiger partial charge is 0.382 e. The van der Waals surface area contributed by atoms with Gasteiger partial charge in [-0.05, 0) is 18.9 Å². The molecular formula is C25H35N6O10P2+. The van der Waals surface area contributed by atoms with E-state index >= 15 is 0 Å². The van der Waals surface area contributed by atoms with Crippen molar-refractivity contribution >= 4 is 38.4 Å². The molecular weight excluding hydrogens is 606 g/mol. The van der Waals surface area contributed by atoms with Crippen molar-refractivity contribution in [2.24, 2.45) is 23.7 Å². The van der Waals surface area contributed by atoms with E-state index in [-0.39, 0.29) is 29.4 Å². The summed E-state index contributed by atoms with van der Waals surface area (Å²) < 4.78 is 55.8. The molecule has 0 aliphatic carbocycles. The predicted molar refractivity (Wildman–Crippen MR) is 149 cm³/mol. The lowest BCUT2D eigenvalue weighted by molar-refractivity contribution is -0.765. The van der Waals surface area contributed by atoms with Crippen LogP contribution in [0.15, 0.2) is 37.2 Å². The second kappa shape index (κ2) is 12.0. The predicted octanol–water partition coefficient (Wildman–Crippen LogP) is 3.15. The molecule has 2 aliphatic rings. The molecule has 3 aromatic rings. The Balaban J connectivity index is 1.20. The Morgan fingerprint density at radius 1 is 1.07 bits per heavy atom. The summed E-state index contributed by atoms with van der Waals surface area (Å²) in [5.41, 5.74) is 7.15. The Kier molecular flexibility index (Phi) is 8.89. The minimum atomic E-state index is -5.16. The maximum absolute atomic E-state index is 12.8. The highest BCUT2D eigenvalue weighted by atomic mass is 31.3. The lowest BCUT2D eigenvalue weighted by atomic mass is 9.93. The van der Waals surface area contributed by atoms with E-state index in [1.807, 2.05) is 20.8 Å². The van der Waals surface area contributed by atoms with Crippen molar-refractivity contribution in [3.8, 4) is 0 Å². The van der Waals surface area contributed by atoms with Crippen LogP contribution >= 0.6 is 15.6 Å². The largest absolute Gasteiger partial charge is 0.483 e. The highest BCUT2D eigenvalue weighted by Gasteiger charge is 2.49. The molecule has 0 aromatic carbocycles. The van der Waals surface area contributed by atoms with Crippen LogP contribution in [0.25, 0.3) is 11.2 Å². The summed E-state index contributed by atoms with van der Waals surface area (Å²) in [7, 11) is -10.3. The topological polar surface area (TPSA) is 211 Å². The van der Waals surface area contributed by atoms with Gasteiger partial charge in [0.15, 0.2) is 35.9 Å². The second-order valence-corrected chi connectivity index (χ2v) is 14.0. The number of Topliss-reactive ketones (excluding diaryl/α,β-unsaturated/α-hetero) is 1. The Bertz CT molecular complexity index is 1610. The van der Waals surface area contributed by atoms with Crippen LogP contribution in [0.2, 0.25) is 0 Å². The number of ketones is 1. The first-order valence-corrected chi connectivity index (χ1v) is 16.6. The molecule has 43 heavy (non-hydrogen) atoms. The van der Waals surface area contributed by atoms with E-state index in [1.54, 1.807) is 40.6 Å². The third-order valence-electron chi connectivity index (χ3n) is 8.19. The number of aromatic nitrogens is 5. The monoisotopic (exact) mass is 641 g/mol. The number of phosphoric acid groups is 2. The molecule has 3 aromatic heterocycles. The van der Waals surface area contributed by atoms with Crippen molar-refractivity contribution in [2.75, 3.05) is 12.3 Å². The molecule has 10 unspecified atom stereocenters. The third kappa shape index (κ3) is 6.58. The standard InChI is InChI=1S/C25H34N6O10P2/c1-13-14(2)23(30-8-6-7-18(9-30)17(5)32)38-19(13)10-37-42(33,34)41-43(35,36)40-25-16(4)15(3)24(39-25)31-12-29-20-21(26)27-11-28-22(20)31/h6-9,11-16,19,23-25H,10H2,1-5H3,(H3-,26,27,28,33,34,35,36)/p+1. The molecule has 4 N–H and O–H groups in total. The number of pyridine rings is 1. The molecule has 10 atom stereocenters. The lowest BCUT2D eigenvalue weighted by Gasteiger charge is -2.22. The summed E-state index contributed by atoms with van der Waals surface area (Å²) in [5, 5.41) is 0. The number of nitrogen functional groups attached to an aromatic ring is 1. The average Bonchev–Trinajstić information content (AvgIpc) is 3.58. The zero-order valence-electron chi connectivity index (χ0n) is 24.2. The van der Waals surface area contributed by atoms with E-state index in [4.69, 9.17) is 24.3 Å². The van der Waals surface area contributed by atoms with Crippen LogP contribution in [0.1, 0.15) is 57.4 Å². The highest BCUT2D eigenvalue weighted by molar-refractivity contribution is 7.61. The van der Waals surface area contributed by atoms with E-state index in [2.05, 4.69) is 19.3 Å². The zero-order valence-corrected chi connectivity index (χ0v) is 25.9. The van der Waals surface area contributed by atoms with Crippen LogP contribution in [-0.2, 0) is 32.0 Å². The zero-order chi connectivity index (χ0) is 31.3. The maximum Gasteiger partial charge on any atom is 0.483 e. The molecule has 0 spiro atoms. The number of anilines is 1. The molecule has 0 bridgehead atoms. The molecule has 0 saturated carbocycles. The number of phosphoric ester groups is 2. The van der Waals surface area contributed by atoms with Crippen molar-refractivity contribution in [1.82, 2.24) is 19.5 Å². The highest BCUT2D eigenvalue weighted by Crippen LogP contribution is 2.62. The van der Waals surface area contributed by atoms with Crippen molar-refractivity contribution in [2.45, 2.75) is 59.5 Å². The van der Waals surface area contributed by atoms with E-state index in [9.17, 15) is 23.7 Å². The van der Waals surface area contributed by atoms with Gasteiger partial charge in [-0.15, -0.1) is 0 Å². The van der Waals surface area contributed by atoms with Crippen LogP contribution in [0.5, 0.6) is 0 Å². The first-order valence-electron chi connectivity index (χ1n) is 13.6. The molecule has 2 saturated heterocycles. The summed E-state index contributed by atoms with van der Waals surface area (Å²) in [6, 6.07) is 3.43. The molecule has 16 nitrogen and oxygen atoms in total. The van der Waals surface area contributed by atoms with Crippen molar-refractivity contribution < 1.29 is 51.1 Å². The minimum Gasteiger partial charge on any atom is -0.382 e. The van der Waals surface area contributed by atoms with Crippen molar-refractivity contribution in [3.05, 3.63) is 42.7 Å². The van der Waals surface area contributed by atoms with Gasteiger partial charge < -0.3 is 25.0 Å². The van der Waals surface area contributed by atoms with Crippen LogP contribution in [-0.4, -0.2) is 54.1 Å². The number of hydrogen-bond donors (Lipinski definition) is 3. The van der Waals surface area contributed by atoms with E-state index in [0.29, 0.717) is 16.7 Å². The normalized spacial score (nSPS) is 32.1. The molecule has 234 valence electrons. The van der Waals surface area contributed by atoms with E-state index in [1.165, 1.54) is 19.6 Å². The van der Waals surface area contributed by atoms with Gasteiger partial charge in [0, 0.05) is 17.9 Å². The summed E-state index contributed by atoms with van der Waals surface area (Å²) in [6.45, 7) is 8.46. The number of nitrogens with two attached hydrogens (primary N) is 1. The van der Waals surface area contributed by atoms with E-state index < -0.39 is 53.0 Å². The fraction of sp³-hybridized carbons (Fsp3) is 0.560. The second-order valence-electron chi connectivity index (χ2n) is 11.0. The molecule has 0 radical (unpaired) electrons. The van der Waals surface area contributed by atoms with Gasteiger partial charge in [0.2, 0.25) is 0 Å². The van der Waals surface area contributed by atoms with Gasteiger partial charge in [-0.2, -0.15) is 8.88 Å². The molecule has 5 rings (SSSR count). The first kappa shape index (κ1) is 31.8. The summed E-state index contributed by atoms with van der Waals surface area (Å²) in [4.78, 5) is 44.8. The molecule has 18 heteroatoms. The van der Waals surface area contributed by atoms with Crippen molar-refractivity contribution in [3.63, 3.8) is 0 Å². The average molecular weight is 642 g/mol. The number of carbonyl (C=O) groups is 1. The Labute approximate surface area is 247 Å². The van der Waals surface area contributed by atoms with Gasteiger partial charge in [-0.1, -0.05) is 27.7 Å². The first-order chi connectivity index (χ1) is 20.2. The molecule has 2 aliphatic heterocycles. The Hall–Kier alpha value is -2.65. The molecule has 2 fully saturated rings. The summed E-state index contributed by atoms with van der Waals surface area (Å²) in [5.74, 6) is -0.819. The number of hydrogen-bond acceptors (Lipinski definition) is 12. The van der Waals surface area contributed by atoms with Gasteiger partial charge in [0.25, 0.3) is 6.23 Å². The SMILES string of the molecule is CC(=O)c1ccc[n+](C2OC(COP(=O)(O)OP(=O)(O)OC3OC(n4cnc5c(N)ncnc54)C(C)C3C)C(C)C2C)c1. The van der Waals surface area contributed by atoms with E-state index in [0.717, 1.165) is 0 Å². The number of carbonyl (C=O) groups excluding carboxylic acids is 1. The fourth-order valence-electron chi connectivity index (χ4n) is 5.28. The number of ether oxygens (including phenoxy) is 2. The van der Waals surface area contributed by atoms with Crippen LogP contribution < -0.4 is 10.3 Å². The number of rotatable bonds is 10. The Morgan fingerprint density at radius 3 is 2.53 bits per heavy atom.